The summed E-state index contributed by atoms with van der Waals surface area (Å²) in [5, 5.41) is 2.90. The number of anilines is 1. The molecule has 0 aliphatic rings. The van der Waals surface area contributed by atoms with Crippen molar-refractivity contribution in [2.75, 3.05) is 18.4 Å². The summed E-state index contributed by atoms with van der Waals surface area (Å²) >= 11 is 0. The van der Waals surface area contributed by atoms with Crippen LogP contribution in [-0.2, 0) is 9.59 Å². The Hall–Kier alpha value is -1.84. The van der Waals surface area contributed by atoms with Crippen molar-refractivity contribution in [2.24, 2.45) is 5.92 Å². The molecular formula is C16H24N2O2. The lowest BCUT2D eigenvalue weighted by molar-refractivity contribution is -0.133. The first kappa shape index (κ1) is 16.2. The Kier molecular flexibility index (Phi) is 5.74. The van der Waals surface area contributed by atoms with Crippen molar-refractivity contribution in [1.29, 1.82) is 0 Å². The van der Waals surface area contributed by atoms with Crippen LogP contribution in [0.5, 0.6) is 0 Å². The number of aryl methyl sites for hydroxylation is 2. The Labute approximate surface area is 121 Å². The van der Waals surface area contributed by atoms with Crippen molar-refractivity contribution in [3.63, 3.8) is 0 Å². The monoisotopic (exact) mass is 276 g/mol. The summed E-state index contributed by atoms with van der Waals surface area (Å²) in [5.74, 6) is 0.112. The molecule has 0 bridgehead atoms. The molecule has 0 fully saturated rings. The molecule has 20 heavy (non-hydrogen) atoms. The fourth-order valence-electron chi connectivity index (χ4n) is 2.11. The molecule has 0 radical (unpaired) electrons. The SMILES string of the molecule is CC(=O)N(CC(=O)Nc1c(C)cccc1C)CC(C)C. The molecule has 0 unspecified atom stereocenters. The molecule has 0 aliphatic carbocycles. The maximum Gasteiger partial charge on any atom is 0.244 e. The maximum atomic E-state index is 12.1. The number of hydrogen-bond acceptors (Lipinski definition) is 2. The summed E-state index contributed by atoms with van der Waals surface area (Å²) in [5.41, 5.74) is 2.89. The summed E-state index contributed by atoms with van der Waals surface area (Å²) in [7, 11) is 0. The maximum absolute atomic E-state index is 12.1. The van der Waals surface area contributed by atoms with Crippen LogP contribution in [0.2, 0.25) is 0 Å². The highest BCUT2D eigenvalue weighted by Crippen LogP contribution is 2.19. The molecule has 4 nitrogen and oxygen atoms in total. The van der Waals surface area contributed by atoms with Gasteiger partial charge in [0.25, 0.3) is 0 Å². The molecular weight excluding hydrogens is 252 g/mol. The van der Waals surface area contributed by atoms with Gasteiger partial charge in [0.15, 0.2) is 0 Å². The molecule has 0 saturated carbocycles. The second-order valence-corrected chi connectivity index (χ2v) is 5.61. The summed E-state index contributed by atoms with van der Waals surface area (Å²) in [4.78, 5) is 25.2. The minimum Gasteiger partial charge on any atom is -0.333 e. The van der Waals surface area contributed by atoms with Crippen molar-refractivity contribution >= 4 is 17.5 Å². The summed E-state index contributed by atoms with van der Waals surface area (Å²) in [6, 6.07) is 5.87. The van der Waals surface area contributed by atoms with E-state index in [1.807, 2.05) is 45.9 Å². The van der Waals surface area contributed by atoms with E-state index in [1.54, 1.807) is 4.90 Å². The van der Waals surface area contributed by atoms with Gasteiger partial charge < -0.3 is 10.2 Å². The van der Waals surface area contributed by atoms with Gasteiger partial charge in [0.05, 0.1) is 6.54 Å². The van der Waals surface area contributed by atoms with Crippen LogP contribution in [0.3, 0.4) is 0 Å². The minimum atomic E-state index is -0.154. The first-order valence-electron chi connectivity index (χ1n) is 6.92. The van der Waals surface area contributed by atoms with Crippen LogP contribution in [0, 0.1) is 19.8 Å². The molecule has 4 heteroatoms. The zero-order valence-corrected chi connectivity index (χ0v) is 13.0. The average molecular weight is 276 g/mol. The molecule has 0 aliphatic heterocycles. The van der Waals surface area contributed by atoms with Gasteiger partial charge in [0.1, 0.15) is 0 Å². The molecule has 0 spiro atoms. The van der Waals surface area contributed by atoms with Crippen LogP contribution < -0.4 is 5.32 Å². The van der Waals surface area contributed by atoms with E-state index in [0.717, 1.165) is 16.8 Å². The van der Waals surface area contributed by atoms with Crippen molar-refractivity contribution in [3.05, 3.63) is 29.3 Å². The number of benzene rings is 1. The number of nitrogens with one attached hydrogen (secondary N) is 1. The molecule has 0 aromatic heterocycles. The first-order chi connectivity index (χ1) is 9.31. The summed E-state index contributed by atoms with van der Waals surface area (Å²) < 4.78 is 0. The van der Waals surface area contributed by atoms with Gasteiger partial charge in [-0.2, -0.15) is 0 Å². The molecule has 2 amide bonds. The topological polar surface area (TPSA) is 49.4 Å². The highest BCUT2D eigenvalue weighted by molar-refractivity contribution is 5.95. The van der Waals surface area contributed by atoms with Gasteiger partial charge in [-0.15, -0.1) is 0 Å². The number of carbonyl (C=O) groups excluding carboxylic acids is 2. The molecule has 1 N–H and O–H groups in total. The lowest BCUT2D eigenvalue weighted by Crippen LogP contribution is -2.39. The number of hydrogen-bond donors (Lipinski definition) is 1. The van der Waals surface area contributed by atoms with E-state index in [2.05, 4.69) is 5.32 Å². The highest BCUT2D eigenvalue weighted by Gasteiger charge is 2.15. The lowest BCUT2D eigenvalue weighted by atomic mass is 10.1. The van der Waals surface area contributed by atoms with E-state index >= 15 is 0 Å². The Morgan fingerprint density at radius 3 is 2.20 bits per heavy atom. The molecule has 1 aromatic rings. The van der Waals surface area contributed by atoms with E-state index in [0.29, 0.717) is 12.5 Å². The minimum absolute atomic E-state index is 0.0737. The number of para-hydroxylation sites is 1. The van der Waals surface area contributed by atoms with Crippen LogP contribution in [0.15, 0.2) is 18.2 Å². The molecule has 0 atom stereocenters. The standard InChI is InChI=1S/C16H24N2O2/c1-11(2)9-18(14(5)19)10-15(20)17-16-12(3)7-6-8-13(16)4/h6-8,11H,9-10H2,1-5H3,(H,17,20). The Balaban J connectivity index is 2.73. The fraction of sp³-hybridized carbons (Fsp3) is 0.500. The van der Waals surface area contributed by atoms with Gasteiger partial charge in [-0.05, 0) is 30.9 Å². The molecule has 0 heterocycles. The lowest BCUT2D eigenvalue weighted by Gasteiger charge is -2.23. The predicted molar refractivity (Wildman–Crippen MR) is 81.6 cm³/mol. The average Bonchev–Trinajstić information content (AvgIpc) is 2.32. The van der Waals surface area contributed by atoms with Gasteiger partial charge in [0.2, 0.25) is 11.8 Å². The zero-order valence-electron chi connectivity index (χ0n) is 13.0. The Morgan fingerprint density at radius 1 is 1.20 bits per heavy atom. The smallest absolute Gasteiger partial charge is 0.244 e. The third-order valence-corrected chi connectivity index (χ3v) is 3.11. The van der Waals surface area contributed by atoms with Crippen LogP contribution in [-0.4, -0.2) is 29.8 Å². The summed E-state index contributed by atoms with van der Waals surface area (Å²) in [6.45, 7) is 10.2. The number of rotatable bonds is 5. The van der Waals surface area contributed by atoms with Gasteiger partial charge >= 0.3 is 0 Å². The Bertz CT molecular complexity index is 475. The molecule has 1 aromatic carbocycles. The normalized spacial score (nSPS) is 10.5. The largest absolute Gasteiger partial charge is 0.333 e. The fourth-order valence-corrected chi connectivity index (χ4v) is 2.11. The zero-order chi connectivity index (χ0) is 15.3. The van der Waals surface area contributed by atoms with E-state index in [-0.39, 0.29) is 18.4 Å². The third kappa shape index (κ3) is 4.68. The van der Waals surface area contributed by atoms with Crippen molar-refractivity contribution in [3.8, 4) is 0 Å². The van der Waals surface area contributed by atoms with Gasteiger partial charge in [0, 0.05) is 19.2 Å². The van der Waals surface area contributed by atoms with Gasteiger partial charge in [-0.25, -0.2) is 0 Å². The number of nitrogens with zero attached hydrogens (tertiary/aromatic N) is 1. The molecule has 110 valence electrons. The first-order valence-corrected chi connectivity index (χ1v) is 6.92. The predicted octanol–water partition coefficient (Wildman–Crippen LogP) is 2.75. The van der Waals surface area contributed by atoms with Crippen LogP contribution in [0.25, 0.3) is 0 Å². The van der Waals surface area contributed by atoms with E-state index in [9.17, 15) is 9.59 Å². The summed E-state index contributed by atoms with van der Waals surface area (Å²) in [6.07, 6.45) is 0. The number of carbonyl (C=O) groups is 2. The van der Waals surface area contributed by atoms with E-state index in [1.165, 1.54) is 6.92 Å². The van der Waals surface area contributed by atoms with Crippen LogP contribution in [0.4, 0.5) is 5.69 Å². The Morgan fingerprint density at radius 2 is 1.75 bits per heavy atom. The van der Waals surface area contributed by atoms with Crippen molar-refractivity contribution in [1.82, 2.24) is 4.90 Å². The second kappa shape index (κ2) is 7.08. The third-order valence-electron chi connectivity index (χ3n) is 3.11. The van der Waals surface area contributed by atoms with Crippen LogP contribution >= 0.6 is 0 Å². The molecule has 1 rings (SSSR count). The molecule has 0 saturated heterocycles. The highest BCUT2D eigenvalue weighted by atomic mass is 16.2. The van der Waals surface area contributed by atoms with E-state index < -0.39 is 0 Å². The van der Waals surface area contributed by atoms with Gasteiger partial charge in [-0.1, -0.05) is 32.0 Å². The van der Waals surface area contributed by atoms with Crippen molar-refractivity contribution in [2.45, 2.75) is 34.6 Å². The van der Waals surface area contributed by atoms with Gasteiger partial charge in [-0.3, -0.25) is 9.59 Å². The number of amides is 2. The second-order valence-electron chi connectivity index (χ2n) is 5.61. The van der Waals surface area contributed by atoms with E-state index in [4.69, 9.17) is 0 Å². The quantitative estimate of drug-likeness (QED) is 0.899. The van der Waals surface area contributed by atoms with Crippen LogP contribution in [0.1, 0.15) is 31.9 Å². The van der Waals surface area contributed by atoms with Crippen molar-refractivity contribution < 1.29 is 9.59 Å².